The van der Waals surface area contributed by atoms with Gasteiger partial charge in [-0.1, -0.05) is 6.92 Å². The van der Waals surface area contributed by atoms with Gasteiger partial charge in [0.2, 0.25) is 5.91 Å². The van der Waals surface area contributed by atoms with Crippen LogP contribution < -0.4 is 4.74 Å². The van der Waals surface area contributed by atoms with Crippen molar-refractivity contribution in [3.05, 3.63) is 23.5 Å². The molecule has 0 N–H and O–H groups in total. The molecule has 114 valence electrons. The molecule has 2 heterocycles. The van der Waals surface area contributed by atoms with Gasteiger partial charge >= 0.3 is 0 Å². The second kappa shape index (κ2) is 6.44. The van der Waals surface area contributed by atoms with Crippen LogP contribution in [0.4, 0.5) is 0 Å². The molecule has 1 unspecified atom stereocenters. The predicted octanol–water partition coefficient (Wildman–Crippen LogP) is 2.00. The lowest BCUT2D eigenvalue weighted by Crippen LogP contribution is -2.42. The van der Waals surface area contributed by atoms with E-state index >= 15 is 0 Å². The zero-order valence-corrected chi connectivity index (χ0v) is 12.8. The summed E-state index contributed by atoms with van der Waals surface area (Å²) in [6.07, 6.45) is 3.86. The van der Waals surface area contributed by atoms with E-state index in [1.807, 2.05) is 13.8 Å². The molecule has 1 aromatic heterocycles. The van der Waals surface area contributed by atoms with Crippen LogP contribution in [0.5, 0.6) is 5.75 Å². The molecular weight excluding hydrogens is 280 g/mol. The molecule has 0 saturated heterocycles. The number of ether oxygens (including phenoxy) is 1. The smallest absolute Gasteiger partial charge is 0.229 e. The van der Waals surface area contributed by atoms with Crippen LogP contribution in [0.3, 0.4) is 0 Å². The first kappa shape index (κ1) is 15.8. The number of nitrogens with zero attached hydrogens (tertiary/aromatic N) is 4. The summed E-state index contributed by atoms with van der Waals surface area (Å²) >= 11 is 0. The van der Waals surface area contributed by atoms with E-state index in [-0.39, 0.29) is 12.3 Å². The first-order valence-corrected chi connectivity index (χ1v) is 7.22. The molecule has 6 nitrogen and oxygen atoms in total. The maximum Gasteiger partial charge on any atom is 0.229 e. The Bertz CT molecular complexity index is 659. The molecule has 0 fully saturated rings. The molecule has 1 amide bonds. The van der Waals surface area contributed by atoms with Gasteiger partial charge in [0, 0.05) is 24.4 Å². The van der Waals surface area contributed by atoms with Crippen molar-refractivity contribution in [2.24, 2.45) is 5.41 Å². The van der Waals surface area contributed by atoms with Gasteiger partial charge in [-0.25, -0.2) is 0 Å². The predicted molar refractivity (Wildman–Crippen MR) is 78.5 cm³/mol. The molecule has 0 saturated carbocycles. The standard InChI is InChI=1S/C16H18N4O2/c1-3-16(2,4-5-17)15(21)20-6-7-22-14-12(8-18)9-19-10-13(14)11-20/h9-10H,3-4,6-7,11H2,1-2H3. The Hall–Kier alpha value is -2.60. The van der Waals surface area contributed by atoms with E-state index in [1.54, 1.807) is 11.1 Å². The fourth-order valence-electron chi connectivity index (χ4n) is 2.48. The van der Waals surface area contributed by atoms with E-state index in [0.29, 0.717) is 37.4 Å². The normalized spacial score (nSPS) is 16.3. The third kappa shape index (κ3) is 2.87. The average molecular weight is 298 g/mol. The molecule has 6 heteroatoms. The Morgan fingerprint density at radius 1 is 1.50 bits per heavy atom. The second-order valence-corrected chi connectivity index (χ2v) is 5.61. The van der Waals surface area contributed by atoms with Gasteiger partial charge in [-0.05, 0) is 13.3 Å². The van der Waals surface area contributed by atoms with Crippen LogP contribution in [0.2, 0.25) is 0 Å². The third-order valence-electron chi connectivity index (χ3n) is 4.11. The molecule has 1 atom stereocenters. The summed E-state index contributed by atoms with van der Waals surface area (Å²) in [4.78, 5) is 18.5. The van der Waals surface area contributed by atoms with Crippen LogP contribution in [-0.2, 0) is 11.3 Å². The van der Waals surface area contributed by atoms with Crippen LogP contribution in [0.25, 0.3) is 0 Å². The summed E-state index contributed by atoms with van der Waals surface area (Å²) in [5.74, 6) is 0.446. The summed E-state index contributed by atoms with van der Waals surface area (Å²) in [7, 11) is 0. The molecule has 0 bridgehead atoms. The molecular formula is C16H18N4O2. The first-order chi connectivity index (χ1) is 10.6. The number of carbonyl (C=O) groups excluding carboxylic acids is 1. The van der Waals surface area contributed by atoms with Crippen LogP contribution in [-0.4, -0.2) is 28.9 Å². The van der Waals surface area contributed by atoms with Gasteiger partial charge in [-0.3, -0.25) is 9.78 Å². The number of fused-ring (bicyclic) bond motifs is 1. The summed E-state index contributed by atoms with van der Waals surface area (Å²) in [5, 5.41) is 18.1. The minimum absolute atomic E-state index is 0.0599. The molecule has 1 aliphatic heterocycles. The number of pyridine rings is 1. The second-order valence-electron chi connectivity index (χ2n) is 5.61. The third-order valence-corrected chi connectivity index (χ3v) is 4.11. The van der Waals surface area contributed by atoms with Gasteiger partial charge in [0.15, 0.2) is 0 Å². The Labute approximate surface area is 129 Å². The number of nitriles is 2. The van der Waals surface area contributed by atoms with Gasteiger partial charge in [-0.2, -0.15) is 10.5 Å². The van der Waals surface area contributed by atoms with Crippen molar-refractivity contribution < 1.29 is 9.53 Å². The van der Waals surface area contributed by atoms with E-state index < -0.39 is 5.41 Å². The van der Waals surface area contributed by atoms with Crippen molar-refractivity contribution in [3.63, 3.8) is 0 Å². The Kier molecular flexibility index (Phi) is 4.62. The summed E-state index contributed by atoms with van der Waals surface area (Å²) in [6, 6.07) is 4.15. The van der Waals surface area contributed by atoms with Gasteiger partial charge in [0.25, 0.3) is 0 Å². The van der Waals surface area contributed by atoms with Crippen molar-refractivity contribution in [1.82, 2.24) is 9.88 Å². The van der Waals surface area contributed by atoms with Crippen molar-refractivity contribution in [3.8, 4) is 17.9 Å². The van der Waals surface area contributed by atoms with E-state index in [0.717, 1.165) is 5.56 Å². The van der Waals surface area contributed by atoms with Crippen LogP contribution in [0.1, 0.15) is 37.8 Å². The Morgan fingerprint density at radius 2 is 2.27 bits per heavy atom. The Balaban J connectivity index is 2.30. The highest BCUT2D eigenvalue weighted by Crippen LogP contribution is 2.31. The quantitative estimate of drug-likeness (QED) is 0.851. The topological polar surface area (TPSA) is 90.0 Å². The van der Waals surface area contributed by atoms with E-state index in [1.165, 1.54) is 6.20 Å². The maximum absolute atomic E-state index is 12.8. The number of aromatic nitrogens is 1. The van der Waals surface area contributed by atoms with Gasteiger partial charge < -0.3 is 9.64 Å². The number of amides is 1. The molecule has 0 spiro atoms. The monoisotopic (exact) mass is 298 g/mol. The molecule has 0 aliphatic carbocycles. The van der Waals surface area contributed by atoms with Gasteiger partial charge in [-0.15, -0.1) is 0 Å². The van der Waals surface area contributed by atoms with Crippen molar-refractivity contribution in [2.45, 2.75) is 33.2 Å². The van der Waals surface area contributed by atoms with E-state index in [2.05, 4.69) is 17.1 Å². The fraction of sp³-hybridized carbons (Fsp3) is 0.500. The SMILES string of the molecule is CCC(C)(CC#N)C(=O)N1CCOc2c(C#N)cncc2C1. The molecule has 2 rings (SSSR count). The lowest BCUT2D eigenvalue weighted by molar-refractivity contribution is -0.142. The lowest BCUT2D eigenvalue weighted by atomic mass is 9.83. The minimum atomic E-state index is -0.695. The van der Waals surface area contributed by atoms with Crippen LogP contribution in [0, 0.1) is 28.1 Å². The highest BCUT2D eigenvalue weighted by Gasteiger charge is 2.36. The molecule has 1 aromatic rings. The van der Waals surface area contributed by atoms with Crippen LogP contribution >= 0.6 is 0 Å². The van der Waals surface area contributed by atoms with Crippen molar-refractivity contribution in [2.75, 3.05) is 13.2 Å². The Morgan fingerprint density at radius 3 is 2.91 bits per heavy atom. The minimum Gasteiger partial charge on any atom is -0.490 e. The highest BCUT2D eigenvalue weighted by atomic mass is 16.5. The van der Waals surface area contributed by atoms with Crippen molar-refractivity contribution >= 4 is 5.91 Å². The number of rotatable bonds is 3. The maximum atomic E-state index is 12.8. The van der Waals surface area contributed by atoms with Crippen molar-refractivity contribution in [1.29, 1.82) is 10.5 Å². The largest absolute Gasteiger partial charge is 0.490 e. The molecule has 22 heavy (non-hydrogen) atoms. The summed E-state index contributed by atoms with van der Waals surface area (Å²) in [5.41, 5.74) is 0.405. The van der Waals surface area contributed by atoms with Gasteiger partial charge in [0.05, 0.1) is 24.6 Å². The van der Waals surface area contributed by atoms with Crippen LogP contribution in [0.15, 0.2) is 12.4 Å². The van der Waals surface area contributed by atoms with Gasteiger partial charge in [0.1, 0.15) is 24.0 Å². The summed E-state index contributed by atoms with van der Waals surface area (Å²) < 4.78 is 5.64. The number of carbonyl (C=O) groups is 1. The zero-order valence-electron chi connectivity index (χ0n) is 12.8. The summed E-state index contributed by atoms with van der Waals surface area (Å²) in [6.45, 7) is 4.82. The molecule has 0 radical (unpaired) electrons. The number of hydrogen-bond donors (Lipinski definition) is 0. The average Bonchev–Trinajstić information content (AvgIpc) is 2.76. The zero-order chi connectivity index (χ0) is 16.2. The molecule has 0 aromatic carbocycles. The number of hydrogen-bond acceptors (Lipinski definition) is 5. The van der Waals surface area contributed by atoms with E-state index in [9.17, 15) is 4.79 Å². The fourth-order valence-corrected chi connectivity index (χ4v) is 2.48. The first-order valence-electron chi connectivity index (χ1n) is 7.22. The molecule has 1 aliphatic rings. The highest BCUT2D eigenvalue weighted by molar-refractivity contribution is 5.82. The lowest BCUT2D eigenvalue weighted by Gasteiger charge is -2.31. The van der Waals surface area contributed by atoms with E-state index in [4.69, 9.17) is 15.3 Å².